The fourth-order valence-electron chi connectivity index (χ4n) is 2.87. The molecule has 0 saturated carbocycles. The van der Waals surface area contributed by atoms with Crippen LogP contribution in [-0.2, 0) is 23.9 Å². The molecule has 0 radical (unpaired) electrons. The molecular formula is C20H32N5OS+. The number of quaternary nitrogens is 1. The van der Waals surface area contributed by atoms with Gasteiger partial charge >= 0.3 is 0 Å². The van der Waals surface area contributed by atoms with Gasteiger partial charge in [0.05, 0.1) is 7.05 Å². The summed E-state index contributed by atoms with van der Waals surface area (Å²) in [4.78, 5) is 12.9. The number of hydrogen-bond acceptors (Lipinski definition) is 3. The Labute approximate surface area is 167 Å². The van der Waals surface area contributed by atoms with Crippen LogP contribution in [0.3, 0.4) is 0 Å². The van der Waals surface area contributed by atoms with Crippen molar-refractivity contribution in [3.8, 4) is 11.4 Å². The average Bonchev–Trinajstić information content (AvgIpc) is 2.87. The van der Waals surface area contributed by atoms with E-state index in [4.69, 9.17) is 17.3 Å². The van der Waals surface area contributed by atoms with Gasteiger partial charge in [-0.3, -0.25) is 4.79 Å². The molecule has 2 aromatic rings. The second-order valence-electron chi connectivity index (χ2n) is 8.13. The summed E-state index contributed by atoms with van der Waals surface area (Å²) in [5, 5.41) is 7.61. The van der Waals surface area contributed by atoms with E-state index in [0.717, 1.165) is 22.7 Å². The molecule has 0 bridgehead atoms. The molecule has 1 amide bonds. The summed E-state index contributed by atoms with van der Waals surface area (Å²) in [6, 6.07) is 8.48. The van der Waals surface area contributed by atoms with E-state index in [2.05, 4.69) is 50.4 Å². The van der Waals surface area contributed by atoms with E-state index < -0.39 is 0 Å². The zero-order valence-electron chi connectivity index (χ0n) is 17.3. The van der Waals surface area contributed by atoms with Crippen molar-refractivity contribution in [1.82, 2.24) is 19.7 Å². The summed E-state index contributed by atoms with van der Waals surface area (Å²) in [5.41, 5.74) is 2.44. The molecule has 0 aliphatic carbocycles. The third-order valence-electron chi connectivity index (χ3n) is 4.50. The Morgan fingerprint density at radius 1 is 1.26 bits per heavy atom. The maximum atomic E-state index is 11.9. The molecule has 0 spiro atoms. The Morgan fingerprint density at radius 3 is 2.44 bits per heavy atom. The number of carbonyl (C=O) groups is 1. The number of benzene rings is 1. The Hall–Kier alpha value is -1.99. The molecule has 0 fully saturated rings. The highest BCUT2D eigenvalue weighted by atomic mass is 32.1. The van der Waals surface area contributed by atoms with Crippen molar-refractivity contribution in [3.05, 3.63) is 34.6 Å². The molecule has 1 aromatic heterocycles. The third-order valence-corrected chi connectivity index (χ3v) is 4.99. The fraction of sp³-hybridized carbons (Fsp3) is 0.550. The Kier molecular flexibility index (Phi) is 6.95. The maximum absolute atomic E-state index is 11.9. The minimum Gasteiger partial charge on any atom is -0.351 e. The van der Waals surface area contributed by atoms with Crippen molar-refractivity contribution in [2.45, 2.75) is 46.2 Å². The van der Waals surface area contributed by atoms with Gasteiger partial charge in [-0.05, 0) is 29.6 Å². The smallest absolute Gasteiger partial charge is 0.275 e. The van der Waals surface area contributed by atoms with Crippen molar-refractivity contribution in [2.24, 2.45) is 7.05 Å². The van der Waals surface area contributed by atoms with Gasteiger partial charge in [0.2, 0.25) is 4.77 Å². The lowest BCUT2D eigenvalue weighted by atomic mass is 9.87. The average molecular weight is 391 g/mol. The van der Waals surface area contributed by atoms with Gasteiger partial charge in [-0.15, -0.1) is 5.10 Å². The normalized spacial score (nSPS) is 12.8. The van der Waals surface area contributed by atoms with Gasteiger partial charge in [-0.25, -0.2) is 0 Å². The molecule has 0 aliphatic rings. The molecule has 1 aromatic carbocycles. The van der Waals surface area contributed by atoms with E-state index in [0.29, 0.717) is 24.5 Å². The van der Waals surface area contributed by atoms with E-state index in [1.807, 2.05) is 25.6 Å². The zero-order chi connectivity index (χ0) is 20.2. The van der Waals surface area contributed by atoms with Crippen molar-refractivity contribution in [2.75, 3.05) is 20.1 Å². The van der Waals surface area contributed by atoms with E-state index in [9.17, 15) is 4.79 Å². The van der Waals surface area contributed by atoms with Gasteiger partial charge < -0.3 is 14.8 Å². The van der Waals surface area contributed by atoms with Crippen molar-refractivity contribution >= 4 is 18.1 Å². The summed E-state index contributed by atoms with van der Waals surface area (Å²) >= 11 is 5.55. The van der Waals surface area contributed by atoms with Gasteiger partial charge in [0.1, 0.15) is 0 Å². The quantitative estimate of drug-likeness (QED) is 0.710. The van der Waals surface area contributed by atoms with Crippen molar-refractivity contribution < 1.29 is 9.69 Å². The summed E-state index contributed by atoms with van der Waals surface area (Å²) in [5.74, 6) is 0.887. The molecule has 1 atom stereocenters. The van der Waals surface area contributed by atoms with E-state index in [-0.39, 0.29) is 11.3 Å². The number of hydrogen-bond donors (Lipinski definition) is 2. The number of aromatic nitrogens is 3. The van der Waals surface area contributed by atoms with Crippen molar-refractivity contribution in [3.63, 3.8) is 0 Å². The van der Waals surface area contributed by atoms with Crippen LogP contribution in [0.4, 0.5) is 0 Å². The maximum Gasteiger partial charge on any atom is 0.275 e. The van der Waals surface area contributed by atoms with E-state index in [1.54, 1.807) is 4.68 Å². The second kappa shape index (κ2) is 8.80. The first kappa shape index (κ1) is 21.3. The number of rotatable bonds is 7. The van der Waals surface area contributed by atoms with Crippen LogP contribution in [0.15, 0.2) is 24.3 Å². The molecule has 1 heterocycles. The van der Waals surface area contributed by atoms with Gasteiger partial charge in [0.25, 0.3) is 5.91 Å². The van der Waals surface area contributed by atoms with Crippen LogP contribution in [0.2, 0.25) is 0 Å². The van der Waals surface area contributed by atoms with Gasteiger partial charge in [-0.2, -0.15) is 4.68 Å². The first-order valence-electron chi connectivity index (χ1n) is 9.46. The number of nitrogens with zero attached hydrogens (tertiary/aromatic N) is 3. The van der Waals surface area contributed by atoms with E-state index >= 15 is 0 Å². The molecule has 0 aliphatic heterocycles. The minimum atomic E-state index is 0.0507. The Bertz CT molecular complexity index is 830. The fourth-order valence-corrected chi connectivity index (χ4v) is 3.07. The molecule has 6 nitrogen and oxygen atoms in total. The second-order valence-corrected chi connectivity index (χ2v) is 8.50. The lowest BCUT2D eigenvalue weighted by Crippen LogP contribution is -3.09. The summed E-state index contributed by atoms with van der Waals surface area (Å²) < 4.78 is 4.37. The highest BCUT2D eigenvalue weighted by molar-refractivity contribution is 7.71. The van der Waals surface area contributed by atoms with Crippen LogP contribution in [0, 0.1) is 4.77 Å². The van der Waals surface area contributed by atoms with Crippen LogP contribution in [0.25, 0.3) is 11.4 Å². The predicted octanol–water partition coefficient (Wildman–Crippen LogP) is 1.91. The van der Waals surface area contributed by atoms with E-state index in [1.165, 1.54) is 5.56 Å². The van der Waals surface area contributed by atoms with Crippen LogP contribution in [-0.4, -0.2) is 40.4 Å². The molecule has 7 heteroatoms. The predicted molar refractivity (Wildman–Crippen MR) is 111 cm³/mol. The monoisotopic (exact) mass is 390 g/mol. The minimum absolute atomic E-state index is 0.0507. The molecule has 2 N–H and O–H groups in total. The molecule has 0 saturated heterocycles. The summed E-state index contributed by atoms with van der Waals surface area (Å²) in [6.07, 6.45) is 0.938. The van der Waals surface area contributed by atoms with Gasteiger partial charge in [0.15, 0.2) is 19.0 Å². The largest absolute Gasteiger partial charge is 0.351 e. The Morgan fingerprint density at radius 2 is 1.89 bits per heavy atom. The van der Waals surface area contributed by atoms with Gasteiger partial charge in [-0.1, -0.05) is 52.0 Å². The van der Waals surface area contributed by atoms with Gasteiger partial charge in [0, 0.05) is 19.2 Å². The molecular weight excluding hydrogens is 358 g/mol. The van der Waals surface area contributed by atoms with Crippen LogP contribution in [0.1, 0.15) is 39.7 Å². The SMILES string of the molecule is CCCNC(=O)C[NH+](C)Cn1nc(-c2ccc(C(C)(C)C)cc2)n(C)c1=S. The van der Waals surface area contributed by atoms with Crippen LogP contribution in [0.5, 0.6) is 0 Å². The molecule has 27 heavy (non-hydrogen) atoms. The lowest BCUT2D eigenvalue weighted by molar-refractivity contribution is -0.895. The van der Waals surface area contributed by atoms with Crippen LogP contribution < -0.4 is 10.2 Å². The molecule has 2 rings (SSSR count). The topological polar surface area (TPSA) is 56.3 Å². The number of likely N-dealkylation sites (N-methyl/N-ethyl adjacent to an activating group) is 1. The highest BCUT2D eigenvalue weighted by Gasteiger charge is 2.17. The first-order valence-corrected chi connectivity index (χ1v) is 9.87. The van der Waals surface area contributed by atoms with Crippen LogP contribution >= 0.6 is 12.2 Å². The molecule has 1 unspecified atom stereocenters. The summed E-state index contributed by atoms with van der Waals surface area (Å²) in [6.45, 7) is 10.3. The number of carbonyl (C=O) groups excluding carboxylic acids is 1. The number of amides is 1. The third kappa shape index (κ3) is 5.49. The zero-order valence-corrected chi connectivity index (χ0v) is 18.1. The lowest BCUT2D eigenvalue weighted by Gasteiger charge is -2.19. The number of nitrogens with one attached hydrogen (secondary N) is 2. The summed E-state index contributed by atoms with van der Waals surface area (Å²) in [7, 11) is 3.90. The first-order chi connectivity index (χ1) is 12.6. The Balaban J connectivity index is 2.16. The van der Waals surface area contributed by atoms with Crippen molar-refractivity contribution in [1.29, 1.82) is 0 Å². The molecule has 148 valence electrons. The highest BCUT2D eigenvalue weighted by Crippen LogP contribution is 2.25. The standard InChI is InChI=1S/C20H31N5OS/c1-7-12-21-17(26)13-23(5)14-25-19(27)24(6)18(22-25)15-8-10-16(11-9-15)20(2,3)4/h8-11H,7,12-14H2,1-6H3,(H,21,26)/p+1.